The van der Waals surface area contributed by atoms with Crippen molar-refractivity contribution in [2.24, 2.45) is 5.92 Å². The van der Waals surface area contributed by atoms with Crippen LogP contribution in [0.25, 0.3) is 6.08 Å². The second-order valence-corrected chi connectivity index (χ2v) is 6.00. The van der Waals surface area contributed by atoms with Crippen LogP contribution in [-0.2, 0) is 9.59 Å². The smallest absolute Gasteiger partial charge is 0.244 e. The summed E-state index contributed by atoms with van der Waals surface area (Å²) in [5.74, 6) is 0.327. The number of nitrogens with one attached hydrogen (secondary N) is 1. The lowest BCUT2D eigenvalue weighted by Crippen LogP contribution is -2.48. The Hall–Kier alpha value is -2.10. The van der Waals surface area contributed by atoms with Crippen molar-refractivity contribution in [2.75, 3.05) is 7.05 Å². The fourth-order valence-corrected chi connectivity index (χ4v) is 2.46. The van der Waals surface area contributed by atoms with Gasteiger partial charge in [0.15, 0.2) is 0 Å². The van der Waals surface area contributed by atoms with Gasteiger partial charge in [-0.25, -0.2) is 0 Å². The molecule has 1 aromatic carbocycles. The zero-order valence-corrected chi connectivity index (χ0v) is 13.5. The van der Waals surface area contributed by atoms with E-state index in [-0.39, 0.29) is 17.9 Å². The molecule has 0 aromatic heterocycles. The largest absolute Gasteiger partial charge is 0.341 e. The fraction of sp³-hybridized carbons (Fsp3) is 0.444. The molecule has 1 fully saturated rings. The Kier molecular flexibility index (Phi) is 5.36. The molecule has 0 aliphatic heterocycles. The van der Waals surface area contributed by atoms with Gasteiger partial charge in [-0.3, -0.25) is 9.59 Å². The Morgan fingerprint density at radius 1 is 1.23 bits per heavy atom. The fourth-order valence-electron chi connectivity index (χ4n) is 2.46. The van der Waals surface area contributed by atoms with Gasteiger partial charge >= 0.3 is 0 Å². The minimum atomic E-state index is -0.515. The van der Waals surface area contributed by atoms with Crippen molar-refractivity contribution in [2.45, 2.75) is 38.8 Å². The molecule has 2 atom stereocenters. The third-order valence-electron chi connectivity index (χ3n) is 4.22. The third-order valence-corrected chi connectivity index (χ3v) is 4.22. The number of benzene rings is 1. The van der Waals surface area contributed by atoms with Gasteiger partial charge in [-0.05, 0) is 44.2 Å². The minimum Gasteiger partial charge on any atom is -0.341 e. The van der Waals surface area contributed by atoms with Gasteiger partial charge in [-0.15, -0.1) is 0 Å². The number of rotatable bonds is 6. The summed E-state index contributed by atoms with van der Waals surface area (Å²) in [7, 11) is 1.81. The first-order valence-electron chi connectivity index (χ1n) is 7.79. The molecule has 1 aliphatic rings. The van der Waals surface area contributed by atoms with Crippen LogP contribution in [0.5, 0.6) is 0 Å². The molecule has 0 bridgehead atoms. The molecule has 0 heterocycles. The number of carbonyl (C=O) groups is 2. The van der Waals surface area contributed by atoms with Crippen molar-refractivity contribution in [3.8, 4) is 0 Å². The van der Waals surface area contributed by atoms with Gasteiger partial charge in [0.05, 0.1) is 0 Å². The molecule has 0 radical (unpaired) electrons. The maximum Gasteiger partial charge on any atom is 0.244 e. The lowest BCUT2D eigenvalue weighted by molar-refractivity contribution is -0.135. The topological polar surface area (TPSA) is 49.4 Å². The van der Waals surface area contributed by atoms with Crippen LogP contribution in [0.2, 0.25) is 0 Å². The van der Waals surface area contributed by atoms with E-state index in [9.17, 15) is 9.59 Å². The van der Waals surface area contributed by atoms with E-state index in [0.29, 0.717) is 5.92 Å². The number of nitrogens with zero attached hydrogens (tertiary/aromatic N) is 1. The summed E-state index contributed by atoms with van der Waals surface area (Å²) in [5, 5.41) is 2.73. The van der Waals surface area contributed by atoms with Crippen molar-refractivity contribution < 1.29 is 9.59 Å². The first kappa shape index (κ1) is 16.3. The van der Waals surface area contributed by atoms with Crippen molar-refractivity contribution >= 4 is 17.9 Å². The van der Waals surface area contributed by atoms with Crippen LogP contribution in [0, 0.1) is 5.92 Å². The summed E-state index contributed by atoms with van der Waals surface area (Å²) in [4.78, 5) is 26.0. The van der Waals surface area contributed by atoms with Gasteiger partial charge in [-0.2, -0.15) is 0 Å². The summed E-state index contributed by atoms with van der Waals surface area (Å²) in [6, 6.07) is 9.32. The van der Waals surface area contributed by atoms with Crippen LogP contribution in [0.1, 0.15) is 32.3 Å². The molecule has 4 heteroatoms. The molecule has 0 unspecified atom stereocenters. The highest BCUT2D eigenvalue weighted by Crippen LogP contribution is 2.34. The molecule has 1 N–H and O–H groups in total. The monoisotopic (exact) mass is 300 g/mol. The van der Waals surface area contributed by atoms with Crippen LogP contribution >= 0.6 is 0 Å². The third kappa shape index (κ3) is 4.45. The van der Waals surface area contributed by atoms with Gasteiger partial charge in [0, 0.05) is 19.2 Å². The molecule has 1 saturated carbocycles. The molecule has 0 saturated heterocycles. The van der Waals surface area contributed by atoms with Crippen LogP contribution in [-0.4, -0.2) is 35.8 Å². The maximum atomic E-state index is 12.3. The second kappa shape index (κ2) is 7.25. The van der Waals surface area contributed by atoms with Crippen LogP contribution in [0.15, 0.2) is 36.4 Å². The quantitative estimate of drug-likeness (QED) is 0.821. The molecular weight excluding hydrogens is 276 g/mol. The number of carbonyl (C=O) groups excluding carboxylic acids is 2. The first-order chi connectivity index (χ1) is 10.5. The summed E-state index contributed by atoms with van der Waals surface area (Å²) >= 11 is 0. The zero-order valence-electron chi connectivity index (χ0n) is 13.5. The first-order valence-corrected chi connectivity index (χ1v) is 7.79. The molecule has 1 aromatic rings. The standard InChI is InChI=1S/C18H24N2O2/c1-13(18(22)20(3)14(2)16-10-11-16)19-17(21)12-9-15-7-5-4-6-8-15/h4-9,12-14,16H,10-11H2,1-3H3,(H,19,21)/b12-9+/t13-,14-/m0/s1. The maximum absolute atomic E-state index is 12.3. The van der Waals surface area contributed by atoms with Crippen molar-refractivity contribution in [1.29, 1.82) is 0 Å². The van der Waals surface area contributed by atoms with E-state index in [4.69, 9.17) is 0 Å². The Labute approximate surface area is 132 Å². The van der Waals surface area contributed by atoms with E-state index in [2.05, 4.69) is 12.2 Å². The Morgan fingerprint density at radius 2 is 1.86 bits per heavy atom. The average molecular weight is 300 g/mol. The summed E-state index contributed by atoms with van der Waals surface area (Å²) in [6.07, 6.45) is 5.59. The molecule has 1 aliphatic carbocycles. The highest BCUT2D eigenvalue weighted by atomic mass is 16.2. The van der Waals surface area contributed by atoms with E-state index < -0.39 is 6.04 Å². The minimum absolute atomic E-state index is 0.0409. The highest BCUT2D eigenvalue weighted by molar-refractivity contribution is 5.95. The number of likely N-dealkylation sites (N-methyl/N-ethyl adjacent to an activating group) is 1. The van der Waals surface area contributed by atoms with E-state index >= 15 is 0 Å². The zero-order chi connectivity index (χ0) is 16.1. The van der Waals surface area contributed by atoms with E-state index in [1.165, 1.54) is 18.9 Å². The second-order valence-electron chi connectivity index (χ2n) is 6.00. The Balaban J connectivity index is 1.85. The molecule has 2 amide bonds. The molecule has 4 nitrogen and oxygen atoms in total. The normalized spacial score (nSPS) is 17.0. The van der Waals surface area contributed by atoms with E-state index in [1.807, 2.05) is 37.4 Å². The number of hydrogen-bond donors (Lipinski definition) is 1. The summed E-state index contributed by atoms with van der Waals surface area (Å²) in [6.45, 7) is 3.80. The Morgan fingerprint density at radius 3 is 2.45 bits per heavy atom. The number of amides is 2. The predicted octanol–water partition coefficient (Wildman–Crippen LogP) is 2.46. The van der Waals surface area contributed by atoms with Gasteiger partial charge in [0.2, 0.25) is 11.8 Å². The van der Waals surface area contributed by atoms with Crippen molar-refractivity contribution in [1.82, 2.24) is 10.2 Å². The van der Waals surface area contributed by atoms with E-state index in [1.54, 1.807) is 17.9 Å². The van der Waals surface area contributed by atoms with Gasteiger partial charge < -0.3 is 10.2 Å². The highest BCUT2D eigenvalue weighted by Gasteiger charge is 2.33. The van der Waals surface area contributed by atoms with Crippen LogP contribution in [0.4, 0.5) is 0 Å². The summed E-state index contributed by atoms with van der Waals surface area (Å²) < 4.78 is 0. The molecular formula is C18H24N2O2. The molecule has 0 spiro atoms. The lowest BCUT2D eigenvalue weighted by Gasteiger charge is -2.27. The average Bonchev–Trinajstić information content (AvgIpc) is 3.36. The molecule has 2 rings (SSSR count). The van der Waals surface area contributed by atoms with Crippen molar-refractivity contribution in [3.63, 3.8) is 0 Å². The Bertz CT molecular complexity index is 549. The lowest BCUT2D eigenvalue weighted by atomic mass is 10.1. The SMILES string of the molecule is C[C@H](NC(=O)/C=C/c1ccccc1)C(=O)N(C)[C@@H](C)C1CC1. The van der Waals surface area contributed by atoms with E-state index in [0.717, 1.165) is 5.56 Å². The van der Waals surface area contributed by atoms with Gasteiger partial charge in [0.25, 0.3) is 0 Å². The molecule has 22 heavy (non-hydrogen) atoms. The van der Waals surface area contributed by atoms with Crippen LogP contribution < -0.4 is 5.32 Å². The summed E-state index contributed by atoms with van der Waals surface area (Å²) in [5.41, 5.74) is 0.955. The van der Waals surface area contributed by atoms with Gasteiger partial charge in [-0.1, -0.05) is 30.3 Å². The predicted molar refractivity (Wildman–Crippen MR) is 88.0 cm³/mol. The molecule has 118 valence electrons. The van der Waals surface area contributed by atoms with Crippen molar-refractivity contribution in [3.05, 3.63) is 42.0 Å². The van der Waals surface area contributed by atoms with Gasteiger partial charge in [0.1, 0.15) is 6.04 Å². The van der Waals surface area contributed by atoms with Crippen LogP contribution in [0.3, 0.4) is 0 Å². The number of hydrogen-bond acceptors (Lipinski definition) is 2.